The summed E-state index contributed by atoms with van der Waals surface area (Å²) in [4.78, 5) is 12.6. The van der Waals surface area contributed by atoms with Gasteiger partial charge in [-0.15, -0.1) is 0 Å². The van der Waals surface area contributed by atoms with Gasteiger partial charge >= 0.3 is 0 Å². The third kappa shape index (κ3) is 2.67. The van der Waals surface area contributed by atoms with E-state index in [0.717, 1.165) is 51.4 Å². The fourth-order valence-electron chi connectivity index (χ4n) is 8.16. The van der Waals surface area contributed by atoms with E-state index in [1.807, 2.05) is 0 Å². The van der Waals surface area contributed by atoms with Gasteiger partial charge < -0.3 is 9.84 Å². The van der Waals surface area contributed by atoms with Crippen molar-refractivity contribution in [2.24, 2.45) is 34.5 Å². The minimum Gasteiger partial charge on any atom is -0.495 e. The van der Waals surface area contributed by atoms with Crippen LogP contribution in [0.1, 0.15) is 84.0 Å². The lowest BCUT2D eigenvalue weighted by Gasteiger charge is -2.60. The Labute approximate surface area is 163 Å². The van der Waals surface area contributed by atoms with E-state index < -0.39 is 0 Å². The van der Waals surface area contributed by atoms with Crippen LogP contribution < -0.4 is 0 Å². The molecule has 3 nitrogen and oxygen atoms in total. The predicted octanol–water partition coefficient (Wildman–Crippen LogP) is 5.02. The van der Waals surface area contributed by atoms with Crippen LogP contribution in [0, 0.1) is 34.5 Å². The van der Waals surface area contributed by atoms with E-state index in [1.165, 1.54) is 31.4 Å². The molecule has 0 bridgehead atoms. The second-order valence-corrected chi connectivity index (χ2v) is 10.5. The van der Waals surface area contributed by atoms with Gasteiger partial charge in [0.25, 0.3) is 0 Å². The number of carbonyl (C=O) groups excluding carboxylic acids is 1. The maximum absolute atomic E-state index is 12.6. The SMILES string of the molecule is C[C@]12CC[C@@H]3[C@@H](CCC4CC(OC5=CCCC5)CC[C@@]43CO)[C@@H]1CCC2=O. The Morgan fingerprint density at radius 2 is 2.00 bits per heavy atom. The topological polar surface area (TPSA) is 46.5 Å². The fourth-order valence-corrected chi connectivity index (χ4v) is 8.16. The van der Waals surface area contributed by atoms with Crippen LogP contribution in [0.15, 0.2) is 11.8 Å². The van der Waals surface area contributed by atoms with E-state index in [1.54, 1.807) is 0 Å². The van der Waals surface area contributed by atoms with Gasteiger partial charge in [0.05, 0.1) is 11.9 Å². The lowest BCUT2D eigenvalue weighted by atomic mass is 9.45. The summed E-state index contributed by atoms with van der Waals surface area (Å²) in [6, 6.07) is 0. The minimum atomic E-state index is -0.0556. The Kier molecular flexibility index (Phi) is 4.46. The molecule has 0 saturated heterocycles. The molecular weight excluding hydrogens is 336 g/mol. The molecule has 7 atom stereocenters. The molecule has 1 N–H and O–H groups in total. The molecule has 0 amide bonds. The van der Waals surface area contributed by atoms with E-state index in [4.69, 9.17) is 4.74 Å². The van der Waals surface area contributed by atoms with Gasteiger partial charge in [0.2, 0.25) is 0 Å². The highest BCUT2D eigenvalue weighted by atomic mass is 16.5. The lowest BCUT2D eigenvalue weighted by Crippen LogP contribution is -2.56. The van der Waals surface area contributed by atoms with Crippen LogP contribution in [0.5, 0.6) is 0 Å². The van der Waals surface area contributed by atoms with Crippen molar-refractivity contribution >= 4 is 5.78 Å². The van der Waals surface area contributed by atoms with Gasteiger partial charge in [-0.3, -0.25) is 4.79 Å². The van der Waals surface area contributed by atoms with Gasteiger partial charge in [0, 0.05) is 24.9 Å². The molecule has 0 aromatic heterocycles. The summed E-state index contributed by atoms with van der Waals surface area (Å²) in [6.45, 7) is 2.59. The highest BCUT2D eigenvalue weighted by Gasteiger charge is 2.61. The number of rotatable bonds is 3. The Morgan fingerprint density at radius 3 is 2.78 bits per heavy atom. The first-order chi connectivity index (χ1) is 13.1. The van der Waals surface area contributed by atoms with Crippen molar-refractivity contribution < 1.29 is 14.6 Å². The molecule has 150 valence electrons. The molecular formula is C24H36O3. The van der Waals surface area contributed by atoms with Crippen LogP contribution in [0.25, 0.3) is 0 Å². The highest BCUT2D eigenvalue weighted by molar-refractivity contribution is 5.87. The summed E-state index contributed by atoms with van der Waals surface area (Å²) in [7, 11) is 0. The zero-order valence-electron chi connectivity index (χ0n) is 16.9. The van der Waals surface area contributed by atoms with Crippen molar-refractivity contribution in [1.29, 1.82) is 0 Å². The van der Waals surface area contributed by atoms with Crippen LogP contribution in [-0.4, -0.2) is 23.6 Å². The first-order valence-electron chi connectivity index (χ1n) is 11.6. The number of hydrogen-bond acceptors (Lipinski definition) is 3. The smallest absolute Gasteiger partial charge is 0.139 e. The molecule has 2 unspecified atom stereocenters. The molecule has 0 aromatic rings. The van der Waals surface area contributed by atoms with Crippen LogP contribution >= 0.6 is 0 Å². The van der Waals surface area contributed by atoms with Gasteiger partial charge in [-0.2, -0.15) is 0 Å². The van der Waals surface area contributed by atoms with E-state index in [0.29, 0.717) is 42.2 Å². The molecule has 0 aromatic carbocycles. The quantitative estimate of drug-likeness (QED) is 0.756. The zero-order chi connectivity index (χ0) is 18.6. The first kappa shape index (κ1) is 18.2. The Bertz CT molecular complexity index is 640. The Hall–Kier alpha value is -0.830. The number of Topliss-reactive ketones (excluding diaryl/α,β-unsaturated/α-hetero) is 1. The van der Waals surface area contributed by atoms with Gasteiger partial charge in [-0.05, 0) is 99.4 Å². The number of ether oxygens (including phenoxy) is 1. The normalized spacial score (nSPS) is 49.2. The van der Waals surface area contributed by atoms with E-state index in [9.17, 15) is 9.90 Å². The number of aliphatic hydroxyl groups excluding tert-OH is 1. The van der Waals surface area contributed by atoms with Gasteiger partial charge in [-0.1, -0.05) is 6.92 Å². The van der Waals surface area contributed by atoms with Crippen LogP contribution in [0.4, 0.5) is 0 Å². The monoisotopic (exact) mass is 372 g/mol. The lowest BCUT2D eigenvalue weighted by molar-refractivity contribution is -0.157. The number of ketones is 1. The molecule has 3 heteroatoms. The summed E-state index contributed by atoms with van der Waals surface area (Å²) in [5.41, 5.74) is 0.0414. The summed E-state index contributed by atoms with van der Waals surface area (Å²) in [5.74, 6) is 4.21. The number of fused-ring (bicyclic) bond motifs is 5. The van der Waals surface area contributed by atoms with Crippen LogP contribution in [0.3, 0.4) is 0 Å². The van der Waals surface area contributed by atoms with E-state index in [-0.39, 0.29) is 10.8 Å². The molecule has 0 aliphatic heterocycles. The van der Waals surface area contributed by atoms with Gasteiger partial charge in [0.1, 0.15) is 5.78 Å². The molecule has 27 heavy (non-hydrogen) atoms. The van der Waals surface area contributed by atoms with E-state index >= 15 is 0 Å². The second-order valence-electron chi connectivity index (χ2n) is 10.5. The van der Waals surface area contributed by atoms with Crippen molar-refractivity contribution in [1.82, 2.24) is 0 Å². The Balaban J connectivity index is 1.35. The number of carbonyl (C=O) groups is 1. The van der Waals surface area contributed by atoms with Gasteiger partial charge in [0.15, 0.2) is 0 Å². The maximum Gasteiger partial charge on any atom is 0.139 e. The van der Waals surface area contributed by atoms with Crippen LogP contribution in [-0.2, 0) is 9.53 Å². The molecule has 0 spiro atoms. The van der Waals surface area contributed by atoms with E-state index in [2.05, 4.69) is 13.0 Å². The highest BCUT2D eigenvalue weighted by Crippen LogP contribution is 2.65. The van der Waals surface area contributed by atoms with Crippen molar-refractivity contribution in [2.45, 2.75) is 90.1 Å². The molecule has 5 aliphatic carbocycles. The van der Waals surface area contributed by atoms with Crippen molar-refractivity contribution in [2.75, 3.05) is 6.61 Å². The average molecular weight is 373 g/mol. The summed E-state index contributed by atoms with van der Waals surface area (Å²) in [6.07, 6.45) is 16.1. The Morgan fingerprint density at radius 1 is 1.11 bits per heavy atom. The standard InChI is InChI=1S/C24H36O3/c1-23-12-11-21-19(20(23)8-9-22(23)26)7-6-16-14-18(10-13-24(16,21)15-25)27-17-4-2-3-5-17/h4,16,18-21,25H,2-3,5-15H2,1H3/t16?,18?,19-,20-,21+,23-,24+/m0/s1. The van der Waals surface area contributed by atoms with Crippen molar-refractivity contribution in [3.8, 4) is 0 Å². The van der Waals surface area contributed by atoms with Crippen molar-refractivity contribution in [3.05, 3.63) is 11.8 Å². The molecule has 4 fully saturated rings. The second kappa shape index (κ2) is 6.61. The summed E-state index contributed by atoms with van der Waals surface area (Å²) in [5, 5.41) is 10.6. The number of allylic oxidation sites excluding steroid dienone is 2. The molecule has 0 radical (unpaired) electrons. The molecule has 5 rings (SSSR count). The first-order valence-corrected chi connectivity index (χ1v) is 11.6. The number of hydrogen-bond donors (Lipinski definition) is 1. The third-order valence-electron chi connectivity index (χ3n) is 9.64. The third-order valence-corrected chi connectivity index (χ3v) is 9.64. The predicted molar refractivity (Wildman–Crippen MR) is 105 cm³/mol. The summed E-state index contributed by atoms with van der Waals surface area (Å²) < 4.78 is 6.36. The van der Waals surface area contributed by atoms with Gasteiger partial charge in [-0.25, -0.2) is 0 Å². The van der Waals surface area contributed by atoms with Crippen LogP contribution in [0.2, 0.25) is 0 Å². The molecule has 5 aliphatic rings. The minimum absolute atomic E-state index is 0.0556. The molecule has 4 saturated carbocycles. The zero-order valence-corrected chi connectivity index (χ0v) is 16.9. The number of aliphatic hydroxyl groups is 1. The average Bonchev–Trinajstić information content (AvgIpc) is 3.29. The van der Waals surface area contributed by atoms with Crippen molar-refractivity contribution in [3.63, 3.8) is 0 Å². The maximum atomic E-state index is 12.6. The summed E-state index contributed by atoms with van der Waals surface area (Å²) >= 11 is 0. The largest absolute Gasteiger partial charge is 0.495 e. The molecule has 0 heterocycles. The fraction of sp³-hybridized carbons (Fsp3) is 0.875.